The molecule has 2 aliphatic rings. The summed E-state index contributed by atoms with van der Waals surface area (Å²) in [6.07, 6.45) is 6.12. The maximum Gasteiger partial charge on any atom is 0.185 e. The molecule has 0 bridgehead atoms. The molecular formula is C15H20N6S. The number of hydrogen-bond acceptors (Lipinski definition) is 7. The van der Waals surface area contributed by atoms with Crippen molar-refractivity contribution < 1.29 is 0 Å². The van der Waals surface area contributed by atoms with E-state index in [9.17, 15) is 0 Å². The highest BCUT2D eigenvalue weighted by atomic mass is 32.1. The second kappa shape index (κ2) is 6.08. The van der Waals surface area contributed by atoms with Crippen LogP contribution in [0.2, 0.25) is 0 Å². The minimum Gasteiger partial charge on any atom is -0.356 e. The van der Waals surface area contributed by atoms with Crippen LogP contribution in [0.5, 0.6) is 0 Å². The maximum atomic E-state index is 4.48. The number of aromatic nitrogens is 3. The molecule has 2 saturated heterocycles. The number of thiazole rings is 1. The van der Waals surface area contributed by atoms with Crippen molar-refractivity contribution in [1.82, 2.24) is 15.0 Å². The van der Waals surface area contributed by atoms with Crippen molar-refractivity contribution >= 4 is 28.1 Å². The van der Waals surface area contributed by atoms with Crippen molar-refractivity contribution in [2.24, 2.45) is 0 Å². The predicted molar refractivity (Wildman–Crippen MR) is 90.0 cm³/mol. The van der Waals surface area contributed by atoms with Crippen LogP contribution in [0.1, 0.15) is 12.8 Å². The fourth-order valence-electron chi connectivity index (χ4n) is 3.13. The zero-order valence-corrected chi connectivity index (χ0v) is 13.4. The second-order valence-electron chi connectivity index (χ2n) is 5.72. The van der Waals surface area contributed by atoms with E-state index in [0.717, 1.165) is 56.0 Å². The number of hydrogen-bond donors (Lipinski definition) is 0. The molecular weight excluding hydrogens is 296 g/mol. The molecule has 2 aromatic rings. The molecule has 2 aliphatic heterocycles. The molecule has 4 heterocycles. The largest absolute Gasteiger partial charge is 0.356 e. The molecule has 0 radical (unpaired) electrons. The van der Waals surface area contributed by atoms with Crippen LogP contribution in [-0.2, 0) is 0 Å². The summed E-state index contributed by atoms with van der Waals surface area (Å²) >= 11 is 1.71. The highest BCUT2D eigenvalue weighted by Crippen LogP contribution is 2.24. The molecule has 0 saturated carbocycles. The second-order valence-corrected chi connectivity index (χ2v) is 6.59. The Labute approximate surface area is 134 Å². The van der Waals surface area contributed by atoms with E-state index >= 15 is 0 Å². The first kappa shape index (κ1) is 13.8. The highest BCUT2D eigenvalue weighted by Gasteiger charge is 2.21. The minimum atomic E-state index is 0.982. The van der Waals surface area contributed by atoms with Crippen LogP contribution < -0.4 is 14.7 Å². The third kappa shape index (κ3) is 2.72. The van der Waals surface area contributed by atoms with E-state index in [1.54, 1.807) is 17.7 Å². The third-order valence-corrected chi connectivity index (χ3v) is 5.19. The lowest BCUT2D eigenvalue weighted by Crippen LogP contribution is -2.46. The molecule has 0 aliphatic carbocycles. The zero-order valence-electron chi connectivity index (χ0n) is 12.6. The lowest BCUT2D eigenvalue weighted by Gasteiger charge is -2.35. The van der Waals surface area contributed by atoms with Crippen molar-refractivity contribution in [2.45, 2.75) is 12.8 Å². The average Bonchev–Trinajstić information content (AvgIpc) is 3.29. The summed E-state index contributed by atoms with van der Waals surface area (Å²) in [6, 6.07) is 2.14. The molecule has 4 rings (SSSR count). The van der Waals surface area contributed by atoms with E-state index in [1.807, 2.05) is 11.6 Å². The van der Waals surface area contributed by atoms with Crippen molar-refractivity contribution in [1.29, 1.82) is 0 Å². The number of rotatable bonds is 3. The quantitative estimate of drug-likeness (QED) is 0.861. The zero-order chi connectivity index (χ0) is 14.8. The van der Waals surface area contributed by atoms with Gasteiger partial charge >= 0.3 is 0 Å². The molecule has 0 spiro atoms. The Morgan fingerprint density at radius 3 is 2.05 bits per heavy atom. The van der Waals surface area contributed by atoms with Crippen LogP contribution >= 0.6 is 11.3 Å². The minimum absolute atomic E-state index is 0.982. The van der Waals surface area contributed by atoms with Crippen LogP contribution in [0, 0.1) is 0 Å². The van der Waals surface area contributed by atoms with Crippen LogP contribution in [0.3, 0.4) is 0 Å². The molecule has 0 N–H and O–H groups in total. The molecule has 7 heteroatoms. The standard InChI is InChI=1S/C15H20N6S/c1-2-5-19(4-1)13-11-14(18-12-17-13)20-6-8-21(9-7-20)15-16-3-10-22-15/h3,10-12H,1-2,4-9H2. The first-order valence-corrected chi connectivity index (χ1v) is 8.74. The van der Waals surface area contributed by atoms with Gasteiger partial charge in [0.25, 0.3) is 0 Å². The fourth-order valence-corrected chi connectivity index (χ4v) is 3.83. The average molecular weight is 316 g/mol. The summed E-state index contributed by atoms with van der Waals surface area (Å²) in [5.41, 5.74) is 0. The predicted octanol–water partition coefficient (Wildman–Crippen LogP) is 1.86. The Morgan fingerprint density at radius 2 is 1.41 bits per heavy atom. The lowest BCUT2D eigenvalue weighted by atomic mass is 10.3. The Bertz CT molecular complexity index is 602. The summed E-state index contributed by atoms with van der Waals surface area (Å²) in [7, 11) is 0. The van der Waals surface area contributed by atoms with Gasteiger partial charge in [-0.05, 0) is 12.8 Å². The normalized spacial score (nSPS) is 19.0. The van der Waals surface area contributed by atoms with Gasteiger partial charge in [-0.2, -0.15) is 0 Å². The van der Waals surface area contributed by atoms with Gasteiger partial charge in [0.05, 0.1) is 0 Å². The smallest absolute Gasteiger partial charge is 0.185 e. The van der Waals surface area contributed by atoms with Crippen LogP contribution in [0.25, 0.3) is 0 Å². The van der Waals surface area contributed by atoms with Gasteiger partial charge in [0.1, 0.15) is 18.0 Å². The van der Waals surface area contributed by atoms with E-state index < -0.39 is 0 Å². The van der Waals surface area contributed by atoms with Crippen LogP contribution in [0.4, 0.5) is 16.8 Å². The fraction of sp³-hybridized carbons (Fsp3) is 0.533. The monoisotopic (exact) mass is 316 g/mol. The van der Waals surface area contributed by atoms with Crippen molar-refractivity contribution in [2.75, 3.05) is 54.0 Å². The van der Waals surface area contributed by atoms with Crippen LogP contribution in [0.15, 0.2) is 24.0 Å². The van der Waals surface area contributed by atoms with E-state index in [0.29, 0.717) is 0 Å². The third-order valence-electron chi connectivity index (χ3n) is 4.36. The Balaban J connectivity index is 1.43. The molecule has 2 fully saturated rings. The number of anilines is 3. The van der Waals surface area contributed by atoms with Crippen molar-refractivity contribution in [3.8, 4) is 0 Å². The molecule has 6 nitrogen and oxygen atoms in total. The van der Waals surface area contributed by atoms with Crippen LogP contribution in [-0.4, -0.2) is 54.2 Å². The van der Waals surface area contributed by atoms with Gasteiger partial charge in [-0.25, -0.2) is 15.0 Å². The number of piperazine rings is 1. The molecule has 22 heavy (non-hydrogen) atoms. The van der Waals surface area contributed by atoms with Gasteiger partial charge in [-0.15, -0.1) is 11.3 Å². The van der Waals surface area contributed by atoms with E-state index in [2.05, 4.69) is 35.7 Å². The molecule has 2 aromatic heterocycles. The van der Waals surface area contributed by atoms with E-state index in [1.165, 1.54) is 12.8 Å². The Hall–Kier alpha value is -1.89. The topological polar surface area (TPSA) is 48.4 Å². The lowest BCUT2D eigenvalue weighted by molar-refractivity contribution is 0.645. The molecule has 116 valence electrons. The first-order valence-electron chi connectivity index (χ1n) is 7.86. The summed E-state index contributed by atoms with van der Waals surface area (Å²) in [5, 5.41) is 3.16. The molecule has 0 aromatic carbocycles. The van der Waals surface area contributed by atoms with Crippen molar-refractivity contribution in [3.63, 3.8) is 0 Å². The van der Waals surface area contributed by atoms with Gasteiger partial charge in [-0.1, -0.05) is 0 Å². The van der Waals surface area contributed by atoms with Gasteiger partial charge in [0.15, 0.2) is 5.13 Å². The first-order chi connectivity index (χ1) is 10.9. The van der Waals surface area contributed by atoms with Crippen molar-refractivity contribution in [3.05, 3.63) is 24.0 Å². The van der Waals surface area contributed by atoms with Gasteiger partial charge in [-0.3, -0.25) is 0 Å². The Kier molecular flexibility index (Phi) is 3.80. The van der Waals surface area contributed by atoms with Gasteiger partial charge < -0.3 is 14.7 Å². The molecule has 0 unspecified atom stereocenters. The summed E-state index contributed by atoms with van der Waals surface area (Å²) in [5.74, 6) is 2.13. The van der Waals surface area contributed by atoms with Gasteiger partial charge in [0.2, 0.25) is 0 Å². The number of nitrogens with zero attached hydrogens (tertiary/aromatic N) is 6. The summed E-state index contributed by atoms with van der Waals surface area (Å²) in [6.45, 7) is 6.20. The Morgan fingerprint density at radius 1 is 0.773 bits per heavy atom. The molecule has 0 amide bonds. The van der Waals surface area contributed by atoms with E-state index in [-0.39, 0.29) is 0 Å². The summed E-state index contributed by atoms with van der Waals surface area (Å²) in [4.78, 5) is 20.4. The van der Waals surface area contributed by atoms with Gasteiger partial charge in [0, 0.05) is 56.9 Å². The summed E-state index contributed by atoms with van der Waals surface area (Å²) < 4.78 is 0. The highest BCUT2D eigenvalue weighted by molar-refractivity contribution is 7.13. The molecule has 0 atom stereocenters. The maximum absolute atomic E-state index is 4.48. The van der Waals surface area contributed by atoms with E-state index in [4.69, 9.17) is 0 Å². The SMILES string of the molecule is c1nc(N2CCCC2)cc(N2CCN(c3nccs3)CC2)n1.